The molecule has 3 aromatic heterocycles. The smallest absolute Gasteiger partial charge is 0.268 e. The molecule has 248 valence electrons. The Kier molecular flexibility index (Phi) is 8.72. The molecule has 2 aromatic carbocycles. The van der Waals surface area contributed by atoms with Crippen molar-refractivity contribution in [3.63, 3.8) is 0 Å². The number of carbonyl (C=O) groups is 2. The van der Waals surface area contributed by atoms with Crippen molar-refractivity contribution in [3.05, 3.63) is 98.5 Å². The van der Waals surface area contributed by atoms with Gasteiger partial charge >= 0.3 is 0 Å². The summed E-state index contributed by atoms with van der Waals surface area (Å²) in [5, 5.41) is 11.0. The average Bonchev–Trinajstić information content (AvgIpc) is 3.54. The van der Waals surface area contributed by atoms with Crippen LogP contribution < -0.4 is 10.9 Å². The lowest BCUT2D eigenvalue weighted by Crippen LogP contribution is -2.43. The number of piperidine rings is 1. The molecule has 0 saturated carbocycles. The van der Waals surface area contributed by atoms with Gasteiger partial charge in [-0.1, -0.05) is 45.0 Å². The number of nitrogens with zero attached hydrogens (tertiary/aromatic N) is 4. The molecular weight excluding hydrogens is 631 g/mol. The molecule has 0 spiro atoms. The van der Waals surface area contributed by atoms with E-state index in [1.807, 2.05) is 46.8 Å². The van der Waals surface area contributed by atoms with E-state index in [1.165, 1.54) is 17.7 Å². The maximum absolute atomic E-state index is 17.8. The fraction of sp³-hybridized carbons (Fsp3) is 0.324. The summed E-state index contributed by atoms with van der Waals surface area (Å²) in [5.41, 5.74) is 3.56. The number of rotatable bonds is 6. The highest BCUT2D eigenvalue weighted by atomic mass is 35.5. The number of halogens is 2. The zero-order chi connectivity index (χ0) is 34.6. The fourth-order valence-electron chi connectivity index (χ4n) is 7.31. The summed E-state index contributed by atoms with van der Waals surface area (Å²) in [4.78, 5) is 47.7. The van der Waals surface area contributed by atoms with Gasteiger partial charge in [0.25, 0.3) is 11.5 Å². The van der Waals surface area contributed by atoms with Crippen LogP contribution in [0.15, 0.2) is 54.1 Å². The molecule has 1 aliphatic heterocycles. The number of likely N-dealkylation sites (tertiary alicyclic amines) is 1. The van der Waals surface area contributed by atoms with Crippen molar-refractivity contribution in [2.45, 2.75) is 52.9 Å². The molecule has 1 unspecified atom stereocenters. The van der Waals surface area contributed by atoms with Gasteiger partial charge in [-0.2, -0.15) is 5.10 Å². The van der Waals surface area contributed by atoms with Gasteiger partial charge in [0, 0.05) is 48.2 Å². The number of fused-ring (bicyclic) bond motifs is 2. The second kappa shape index (κ2) is 12.6. The molecule has 1 fully saturated rings. The molecule has 2 atom stereocenters. The molecule has 0 bridgehead atoms. The zero-order valence-electron chi connectivity index (χ0n) is 27.9. The molecule has 6 rings (SSSR count). The summed E-state index contributed by atoms with van der Waals surface area (Å²) < 4.78 is 19.2. The summed E-state index contributed by atoms with van der Waals surface area (Å²) in [6.45, 7) is 14.0. The minimum atomic E-state index is -0.694. The third kappa shape index (κ3) is 5.19. The Morgan fingerprint density at radius 1 is 1.17 bits per heavy atom. The number of pyridine rings is 2. The molecule has 11 heteroatoms. The highest BCUT2D eigenvalue weighted by Crippen LogP contribution is 2.45. The molecular formula is C37H38ClFN6O3. The van der Waals surface area contributed by atoms with Crippen LogP contribution in [0.4, 0.5) is 4.39 Å². The molecule has 2 N–H and O–H groups in total. The first kappa shape index (κ1) is 33.1. The first-order valence-electron chi connectivity index (χ1n) is 16.0. The SMILES string of the molecule is C=CC(=O)N1CCC(c2c(C(=O)NC)c(=O)n(-c3c(C)ccnc3C(C)C)c3c(F)c(-c4c(C)ccc5[nH]ncc45)c(Cl)cc23)[C@@H](C)C1. The molecule has 2 amide bonds. The van der Waals surface area contributed by atoms with Gasteiger partial charge in [0.1, 0.15) is 5.56 Å². The molecule has 1 aliphatic rings. The van der Waals surface area contributed by atoms with E-state index >= 15 is 9.18 Å². The van der Waals surface area contributed by atoms with E-state index in [9.17, 15) is 9.59 Å². The number of carbonyl (C=O) groups excluding carboxylic acids is 2. The second-order valence-corrected chi connectivity index (χ2v) is 13.3. The minimum absolute atomic E-state index is 0.0109. The zero-order valence-corrected chi connectivity index (χ0v) is 28.6. The Bertz CT molecular complexity index is 2200. The number of aromatic nitrogens is 4. The predicted molar refractivity (Wildman–Crippen MR) is 188 cm³/mol. The molecule has 0 aliphatic carbocycles. The molecule has 5 aromatic rings. The van der Waals surface area contributed by atoms with Crippen LogP contribution in [0.2, 0.25) is 5.02 Å². The van der Waals surface area contributed by atoms with E-state index in [2.05, 4.69) is 27.1 Å². The predicted octanol–water partition coefficient (Wildman–Crippen LogP) is 6.96. The lowest BCUT2D eigenvalue weighted by Gasteiger charge is -2.38. The lowest BCUT2D eigenvalue weighted by atomic mass is 9.77. The number of H-pyrrole nitrogens is 1. The Labute approximate surface area is 282 Å². The molecule has 1 saturated heterocycles. The van der Waals surface area contributed by atoms with Gasteiger partial charge in [0.05, 0.1) is 33.6 Å². The third-order valence-electron chi connectivity index (χ3n) is 9.62. The number of benzene rings is 2. The lowest BCUT2D eigenvalue weighted by molar-refractivity contribution is -0.127. The highest BCUT2D eigenvalue weighted by Gasteiger charge is 2.37. The standard InChI is InChI=1S/C37H38ClFN6O3/c1-8-27(46)44-14-12-22(21(6)17-44)29-23-15-25(38)30(28-19(4)9-10-26-24(28)16-42-43-26)32(39)35(23)45(37(48)31(29)36(47)40-7)34-20(5)11-13-41-33(34)18(2)3/h8-11,13,15-16,18,21-22H,1,12,14,17H2,2-7H3,(H,40,47)(H,42,43)/t21-,22?/m0/s1. The number of hydrogen-bond donors (Lipinski definition) is 2. The molecule has 9 nitrogen and oxygen atoms in total. The van der Waals surface area contributed by atoms with Crippen LogP contribution in [0.3, 0.4) is 0 Å². The monoisotopic (exact) mass is 668 g/mol. The van der Waals surface area contributed by atoms with Gasteiger partial charge in [-0.25, -0.2) is 4.39 Å². The number of aromatic amines is 1. The quantitative estimate of drug-likeness (QED) is 0.190. The maximum Gasteiger partial charge on any atom is 0.268 e. The first-order chi connectivity index (χ1) is 22.9. The summed E-state index contributed by atoms with van der Waals surface area (Å²) in [7, 11) is 1.47. The van der Waals surface area contributed by atoms with Crippen LogP contribution in [-0.4, -0.2) is 56.6 Å². The van der Waals surface area contributed by atoms with Crippen LogP contribution >= 0.6 is 11.6 Å². The normalized spacial score (nSPS) is 16.6. The molecule has 0 radical (unpaired) electrons. The Morgan fingerprint density at radius 2 is 1.92 bits per heavy atom. The van der Waals surface area contributed by atoms with Gasteiger partial charge < -0.3 is 10.2 Å². The minimum Gasteiger partial charge on any atom is -0.355 e. The van der Waals surface area contributed by atoms with Gasteiger partial charge in [0.2, 0.25) is 5.91 Å². The second-order valence-electron chi connectivity index (χ2n) is 12.9. The van der Waals surface area contributed by atoms with Crippen molar-refractivity contribution >= 4 is 45.2 Å². The van der Waals surface area contributed by atoms with E-state index in [4.69, 9.17) is 11.6 Å². The fourth-order valence-corrected chi connectivity index (χ4v) is 7.60. The summed E-state index contributed by atoms with van der Waals surface area (Å²) >= 11 is 7.10. The van der Waals surface area contributed by atoms with Gasteiger partial charge in [0.15, 0.2) is 5.82 Å². The van der Waals surface area contributed by atoms with Crippen molar-refractivity contribution in [1.29, 1.82) is 0 Å². The Balaban J connectivity index is 1.81. The number of amides is 2. The van der Waals surface area contributed by atoms with Crippen LogP contribution in [0, 0.1) is 25.6 Å². The average molecular weight is 669 g/mol. The number of hydrogen-bond acceptors (Lipinski definition) is 5. The number of nitrogens with one attached hydrogen (secondary N) is 2. The number of aryl methyl sites for hydroxylation is 2. The van der Waals surface area contributed by atoms with Crippen LogP contribution in [-0.2, 0) is 4.79 Å². The van der Waals surface area contributed by atoms with Crippen molar-refractivity contribution in [1.82, 2.24) is 30.0 Å². The summed E-state index contributed by atoms with van der Waals surface area (Å²) in [6.07, 6.45) is 5.02. The molecule has 4 heterocycles. The topological polar surface area (TPSA) is 113 Å². The van der Waals surface area contributed by atoms with Crippen LogP contribution in [0.25, 0.3) is 38.6 Å². The van der Waals surface area contributed by atoms with Gasteiger partial charge in [-0.15, -0.1) is 0 Å². The Hall–Kier alpha value is -4.83. The van der Waals surface area contributed by atoms with Crippen molar-refractivity contribution < 1.29 is 14.0 Å². The highest BCUT2D eigenvalue weighted by molar-refractivity contribution is 6.35. The maximum atomic E-state index is 17.8. The van der Waals surface area contributed by atoms with E-state index in [0.29, 0.717) is 63.9 Å². The summed E-state index contributed by atoms with van der Waals surface area (Å²) in [6, 6.07) is 7.19. The van der Waals surface area contributed by atoms with E-state index < -0.39 is 17.3 Å². The Morgan fingerprint density at radius 3 is 2.58 bits per heavy atom. The van der Waals surface area contributed by atoms with Crippen molar-refractivity contribution in [3.8, 4) is 16.8 Å². The van der Waals surface area contributed by atoms with Gasteiger partial charge in [-0.3, -0.25) is 29.0 Å². The van der Waals surface area contributed by atoms with E-state index in [0.717, 1.165) is 5.56 Å². The van der Waals surface area contributed by atoms with Crippen molar-refractivity contribution in [2.75, 3.05) is 20.1 Å². The van der Waals surface area contributed by atoms with E-state index in [1.54, 1.807) is 29.4 Å². The largest absolute Gasteiger partial charge is 0.355 e. The van der Waals surface area contributed by atoms with Crippen LogP contribution in [0.5, 0.6) is 0 Å². The van der Waals surface area contributed by atoms with Gasteiger partial charge in [-0.05, 0) is 79.0 Å². The third-order valence-corrected chi connectivity index (χ3v) is 9.91. The first-order valence-corrected chi connectivity index (χ1v) is 16.4. The molecule has 48 heavy (non-hydrogen) atoms. The van der Waals surface area contributed by atoms with E-state index in [-0.39, 0.29) is 45.3 Å². The summed E-state index contributed by atoms with van der Waals surface area (Å²) in [5.74, 6) is -2.15. The van der Waals surface area contributed by atoms with Crippen LogP contribution in [0.1, 0.15) is 71.8 Å². The van der Waals surface area contributed by atoms with Crippen molar-refractivity contribution in [2.24, 2.45) is 5.92 Å².